The number of nitrogens with two attached hydrogens (primary N) is 1. The first-order chi connectivity index (χ1) is 10.3. The first-order valence-electron chi connectivity index (χ1n) is 6.66. The van der Waals surface area contributed by atoms with Gasteiger partial charge in [0.25, 0.3) is 0 Å². The molecule has 0 bridgehead atoms. The van der Waals surface area contributed by atoms with Gasteiger partial charge >= 0.3 is 0 Å². The van der Waals surface area contributed by atoms with Crippen LogP contribution in [0.2, 0.25) is 0 Å². The van der Waals surface area contributed by atoms with Gasteiger partial charge in [0.1, 0.15) is 12.4 Å². The van der Waals surface area contributed by atoms with Crippen LogP contribution < -0.4 is 15.2 Å². The summed E-state index contributed by atoms with van der Waals surface area (Å²) in [5.41, 5.74) is 7.46. The number of nitrogen functional groups attached to an aromatic ring is 1. The lowest BCUT2D eigenvalue weighted by molar-refractivity contribution is 0.298. The van der Waals surface area contributed by atoms with Crippen molar-refractivity contribution in [1.82, 2.24) is 4.98 Å². The van der Waals surface area contributed by atoms with Gasteiger partial charge in [0, 0.05) is 17.3 Å². The number of methoxy groups -OCH3 is 1. The summed E-state index contributed by atoms with van der Waals surface area (Å²) in [4.78, 5) is 4.31. The van der Waals surface area contributed by atoms with Crippen molar-refractivity contribution in [2.45, 2.75) is 6.61 Å². The van der Waals surface area contributed by atoms with E-state index >= 15 is 0 Å². The summed E-state index contributed by atoms with van der Waals surface area (Å²) >= 11 is 0. The van der Waals surface area contributed by atoms with Crippen LogP contribution in [0.5, 0.6) is 11.6 Å². The molecule has 0 saturated carbocycles. The number of benzene rings is 2. The molecule has 1 aromatic heterocycles. The third-order valence-corrected chi connectivity index (χ3v) is 3.29. The van der Waals surface area contributed by atoms with Crippen molar-refractivity contribution in [2.75, 3.05) is 12.8 Å². The maximum atomic E-state index is 5.84. The van der Waals surface area contributed by atoms with Gasteiger partial charge in [-0.2, -0.15) is 0 Å². The van der Waals surface area contributed by atoms with Gasteiger partial charge in [-0.3, -0.25) is 0 Å². The minimum absolute atomic E-state index is 0.448. The van der Waals surface area contributed by atoms with Gasteiger partial charge in [-0.05, 0) is 41.3 Å². The number of hydrogen-bond donors (Lipinski definition) is 1. The van der Waals surface area contributed by atoms with E-state index < -0.39 is 0 Å². The molecule has 0 aliphatic heterocycles. The van der Waals surface area contributed by atoms with Gasteiger partial charge < -0.3 is 15.2 Å². The lowest BCUT2D eigenvalue weighted by atomic mass is 10.1. The maximum Gasteiger partial charge on any atom is 0.221 e. The first-order valence-corrected chi connectivity index (χ1v) is 6.66. The Bertz CT molecular complexity index is 754. The Labute approximate surface area is 123 Å². The summed E-state index contributed by atoms with van der Waals surface area (Å²) in [6.07, 6.45) is 1.74. The number of anilines is 1. The third kappa shape index (κ3) is 2.89. The van der Waals surface area contributed by atoms with Crippen molar-refractivity contribution >= 4 is 16.5 Å². The SMILES string of the molecule is COc1ccc2ccnc(OCc3ccc(N)cc3)c2c1. The molecule has 4 heteroatoms. The van der Waals surface area contributed by atoms with E-state index in [1.165, 1.54) is 0 Å². The standard InChI is InChI=1S/C17H16N2O2/c1-20-15-7-4-13-8-9-19-17(16(13)10-15)21-11-12-2-5-14(18)6-3-12/h2-10H,11,18H2,1H3. The summed E-state index contributed by atoms with van der Waals surface area (Å²) in [5, 5.41) is 2.01. The van der Waals surface area contributed by atoms with Crippen molar-refractivity contribution in [1.29, 1.82) is 0 Å². The minimum atomic E-state index is 0.448. The van der Waals surface area contributed by atoms with Gasteiger partial charge in [-0.25, -0.2) is 4.98 Å². The van der Waals surface area contributed by atoms with Crippen molar-refractivity contribution in [3.63, 3.8) is 0 Å². The van der Waals surface area contributed by atoms with Gasteiger partial charge in [0.15, 0.2) is 0 Å². The van der Waals surface area contributed by atoms with E-state index in [-0.39, 0.29) is 0 Å². The number of nitrogens with zero attached hydrogens (tertiary/aromatic N) is 1. The number of pyridine rings is 1. The summed E-state index contributed by atoms with van der Waals surface area (Å²) in [6.45, 7) is 0.448. The smallest absolute Gasteiger partial charge is 0.221 e. The van der Waals surface area contributed by atoms with E-state index in [0.29, 0.717) is 12.5 Å². The molecule has 2 N–H and O–H groups in total. The van der Waals surface area contributed by atoms with Gasteiger partial charge in [-0.15, -0.1) is 0 Å². The highest BCUT2D eigenvalue weighted by molar-refractivity contribution is 5.87. The van der Waals surface area contributed by atoms with Gasteiger partial charge in [-0.1, -0.05) is 18.2 Å². The van der Waals surface area contributed by atoms with Crippen LogP contribution in [0.4, 0.5) is 5.69 Å². The molecular weight excluding hydrogens is 264 g/mol. The van der Waals surface area contributed by atoms with Gasteiger partial charge in [0.2, 0.25) is 5.88 Å². The minimum Gasteiger partial charge on any atom is -0.497 e. The molecule has 1 heterocycles. The summed E-state index contributed by atoms with van der Waals surface area (Å²) in [6, 6.07) is 15.4. The molecule has 21 heavy (non-hydrogen) atoms. The second-order valence-corrected chi connectivity index (χ2v) is 4.73. The number of fused-ring (bicyclic) bond motifs is 1. The Morgan fingerprint density at radius 2 is 1.86 bits per heavy atom. The van der Waals surface area contributed by atoms with Crippen LogP contribution in [0.1, 0.15) is 5.56 Å². The topological polar surface area (TPSA) is 57.4 Å². The monoisotopic (exact) mass is 280 g/mol. The molecule has 0 unspecified atom stereocenters. The Morgan fingerprint density at radius 1 is 1.05 bits per heavy atom. The van der Waals surface area contributed by atoms with E-state index in [2.05, 4.69) is 4.98 Å². The second-order valence-electron chi connectivity index (χ2n) is 4.73. The van der Waals surface area contributed by atoms with E-state index in [4.69, 9.17) is 15.2 Å². The fourth-order valence-corrected chi connectivity index (χ4v) is 2.13. The zero-order chi connectivity index (χ0) is 14.7. The molecule has 0 aliphatic carbocycles. The normalized spacial score (nSPS) is 10.5. The van der Waals surface area contributed by atoms with E-state index in [1.54, 1.807) is 13.3 Å². The molecule has 3 aromatic rings. The lowest BCUT2D eigenvalue weighted by Crippen LogP contribution is -1.98. The molecule has 106 valence electrons. The second kappa shape index (κ2) is 5.71. The fraction of sp³-hybridized carbons (Fsp3) is 0.118. The molecule has 2 aromatic carbocycles. The first kappa shape index (κ1) is 13.2. The molecule has 4 nitrogen and oxygen atoms in total. The predicted octanol–water partition coefficient (Wildman–Crippen LogP) is 3.40. The van der Waals surface area contributed by atoms with Crippen LogP contribution >= 0.6 is 0 Å². The molecule has 0 aliphatic rings. The molecule has 0 spiro atoms. The Morgan fingerprint density at radius 3 is 2.62 bits per heavy atom. The van der Waals surface area contributed by atoms with Crippen LogP contribution in [0, 0.1) is 0 Å². The van der Waals surface area contributed by atoms with Crippen LogP contribution in [-0.2, 0) is 6.61 Å². The Balaban J connectivity index is 1.87. The van der Waals surface area contributed by atoms with E-state index in [0.717, 1.165) is 27.8 Å². The zero-order valence-corrected chi connectivity index (χ0v) is 11.7. The summed E-state index contributed by atoms with van der Waals surface area (Å²) in [7, 11) is 1.65. The van der Waals surface area contributed by atoms with Crippen molar-refractivity contribution in [3.05, 3.63) is 60.3 Å². The zero-order valence-electron chi connectivity index (χ0n) is 11.7. The van der Waals surface area contributed by atoms with Crippen molar-refractivity contribution < 1.29 is 9.47 Å². The molecule has 0 saturated heterocycles. The van der Waals surface area contributed by atoms with Crippen molar-refractivity contribution in [3.8, 4) is 11.6 Å². The number of aromatic nitrogens is 1. The van der Waals surface area contributed by atoms with Crippen LogP contribution in [0.25, 0.3) is 10.8 Å². The molecule has 0 amide bonds. The number of hydrogen-bond acceptors (Lipinski definition) is 4. The predicted molar refractivity (Wildman–Crippen MR) is 83.5 cm³/mol. The highest BCUT2D eigenvalue weighted by Crippen LogP contribution is 2.27. The van der Waals surface area contributed by atoms with Crippen LogP contribution in [0.15, 0.2) is 54.7 Å². The number of rotatable bonds is 4. The lowest BCUT2D eigenvalue weighted by Gasteiger charge is -2.09. The van der Waals surface area contributed by atoms with Crippen molar-refractivity contribution in [2.24, 2.45) is 0 Å². The van der Waals surface area contributed by atoms with Gasteiger partial charge in [0.05, 0.1) is 7.11 Å². The maximum absolute atomic E-state index is 5.84. The highest BCUT2D eigenvalue weighted by atomic mass is 16.5. The quantitative estimate of drug-likeness (QED) is 0.744. The average molecular weight is 280 g/mol. The van der Waals surface area contributed by atoms with Crippen LogP contribution in [0.3, 0.4) is 0 Å². The Hall–Kier alpha value is -2.75. The molecule has 0 radical (unpaired) electrons. The van der Waals surface area contributed by atoms with Crippen LogP contribution in [-0.4, -0.2) is 12.1 Å². The molecular formula is C17H16N2O2. The summed E-state index contributed by atoms with van der Waals surface area (Å²) < 4.78 is 11.1. The third-order valence-electron chi connectivity index (χ3n) is 3.29. The Kier molecular flexibility index (Phi) is 3.60. The van der Waals surface area contributed by atoms with E-state index in [1.807, 2.05) is 48.5 Å². The fourth-order valence-electron chi connectivity index (χ4n) is 2.13. The average Bonchev–Trinajstić information content (AvgIpc) is 2.54. The number of ether oxygens (including phenoxy) is 2. The molecule has 0 fully saturated rings. The summed E-state index contributed by atoms with van der Waals surface area (Å²) in [5.74, 6) is 1.39. The highest BCUT2D eigenvalue weighted by Gasteiger charge is 2.05. The molecule has 0 atom stereocenters. The largest absolute Gasteiger partial charge is 0.497 e. The van der Waals surface area contributed by atoms with E-state index in [9.17, 15) is 0 Å². The molecule has 3 rings (SSSR count).